The first kappa shape index (κ1) is 14.1. The monoisotopic (exact) mass is 256 g/mol. The summed E-state index contributed by atoms with van der Waals surface area (Å²) < 4.78 is 5.09. The number of nitrogens with one attached hydrogen (secondary N) is 1. The van der Waals surface area contributed by atoms with Crippen molar-refractivity contribution in [1.82, 2.24) is 0 Å². The minimum absolute atomic E-state index is 0.163. The minimum Gasteiger partial charge on any atom is -0.495 e. The van der Waals surface area contributed by atoms with E-state index >= 15 is 0 Å². The molecule has 0 aliphatic heterocycles. The van der Waals surface area contributed by atoms with Gasteiger partial charge in [0.05, 0.1) is 12.1 Å². The van der Waals surface area contributed by atoms with Crippen molar-refractivity contribution in [2.24, 2.45) is 11.7 Å². The molecule has 0 heterocycles. The molecule has 0 aliphatic rings. The van der Waals surface area contributed by atoms with Crippen molar-refractivity contribution in [3.05, 3.63) is 23.2 Å². The molecule has 4 heteroatoms. The van der Waals surface area contributed by atoms with Crippen LogP contribution in [-0.2, 0) is 0 Å². The smallest absolute Gasteiger partial charge is 0.137 e. The lowest BCUT2D eigenvalue weighted by Gasteiger charge is -2.16. The maximum absolute atomic E-state index is 6.03. The minimum atomic E-state index is 0.163. The first-order valence-corrected chi connectivity index (χ1v) is 6.23. The molecule has 0 amide bonds. The number of halogens is 1. The van der Waals surface area contributed by atoms with E-state index in [0.717, 1.165) is 18.7 Å². The topological polar surface area (TPSA) is 47.3 Å². The molecule has 17 heavy (non-hydrogen) atoms. The van der Waals surface area contributed by atoms with Crippen molar-refractivity contribution >= 4 is 17.3 Å². The van der Waals surface area contributed by atoms with Crippen LogP contribution in [0.25, 0.3) is 0 Å². The van der Waals surface area contributed by atoms with Crippen LogP contribution in [0.2, 0.25) is 5.02 Å². The Bertz CT molecular complexity index is 355. The fraction of sp³-hybridized carbons (Fsp3) is 0.538. The van der Waals surface area contributed by atoms with Crippen molar-refractivity contribution in [2.75, 3.05) is 19.0 Å². The molecule has 1 rings (SSSR count). The SMILES string of the molecule is COc1ccc(NCC(N)CC(C)C)cc1Cl. The molecule has 0 saturated carbocycles. The standard InChI is InChI=1S/C13H21ClN2O/c1-9(2)6-10(15)8-16-11-4-5-13(17-3)12(14)7-11/h4-5,7,9-10,16H,6,8,15H2,1-3H3. The molecule has 3 nitrogen and oxygen atoms in total. The Morgan fingerprint density at radius 2 is 2.12 bits per heavy atom. The molecule has 0 fully saturated rings. The molecule has 0 spiro atoms. The molecule has 0 saturated heterocycles. The van der Waals surface area contributed by atoms with Crippen LogP contribution in [0, 0.1) is 5.92 Å². The Morgan fingerprint density at radius 3 is 2.65 bits per heavy atom. The zero-order chi connectivity index (χ0) is 12.8. The molecule has 96 valence electrons. The van der Waals surface area contributed by atoms with E-state index in [9.17, 15) is 0 Å². The van der Waals surface area contributed by atoms with Gasteiger partial charge >= 0.3 is 0 Å². The second kappa shape index (κ2) is 6.72. The van der Waals surface area contributed by atoms with Gasteiger partial charge in [-0.2, -0.15) is 0 Å². The van der Waals surface area contributed by atoms with Gasteiger partial charge in [0.15, 0.2) is 0 Å². The quantitative estimate of drug-likeness (QED) is 0.822. The van der Waals surface area contributed by atoms with E-state index in [1.807, 2.05) is 18.2 Å². The maximum atomic E-state index is 6.03. The molecule has 0 aliphatic carbocycles. The average Bonchev–Trinajstić information content (AvgIpc) is 2.25. The molecule has 1 aromatic rings. The summed E-state index contributed by atoms with van der Waals surface area (Å²) in [5.41, 5.74) is 6.96. The Kier molecular flexibility index (Phi) is 5.59. The zero-order valence-corrected chi connectivity index (χ0v) is 11.4. The Labute approximate surface area is 108 Å². The predicted octanol–water partition coefficient (Wildman–Crippen LogP) is 3.13. The lowest BCUT2D eigenvalue weighted by molar-refractivity contribution is 0.415. The Morgan fingerprint density at radius 1 is 1.41 bits per heavy atom. The van der Waals surface area contributed by atoms with Crippen LogP contribution < -0.4 is 15.8 Å². The lowest BCUT2D eigenvalue weighted by atomic mass is 10.0. The van der Waals surface area contributed by atoms with E-state index in [4.69, 9.17) is 22.1 Å². The molecule has 1 unspecified atom stereocenters. The molecule has 1 atom stereocenters. The van der Waals surface area contributed by atoms with Gasteiger partial charge in [-0.15, -0.1) is 0 Å². The van der Waals surface area contributed by atoms with Gasteiger partial charge in [-0.3, -0.25) is 0 Å². The Balaban J connectivity index is 2.49. The van der Waals surface area contributed by atoms with Crippen molar-refractivity contribution < 1.29 is 4.74 Å². The second-order valence-corrected chi connectivity index (χ2v) is 5.03. The van der Waals surface area contributed by atoms with E-state index in [1.165, 1.54) is 0 Å². The summed E-state index contributed by atoms with van der Waals surface area (Å²) in [6.45, 7) is 5.09. The van der Waals surface area contributed by atoms with Gasteiger partial charge in [0.2, 0.25) is 0 Å². The number of anilines is 1. The third-order valence-corrected chi connectivity index (χ3v) is 2.79. The van der Waals surface area contributed by atoms with E-state index in [2.05, 4.69) is 19.2 Å². The number of ether oxygens (including phenoxy) is 1. The molecule has 3 N–H and O–H groups in total. The van der Waals surface area contributed by atoms with Crippen molar-refractivity contribution in [3.63, 3.8) is 0 Å². The lowest BCUT2D eigenvalue weighted by Crippen LogP contribution is -2.30. The third kappa shape index (κ3) is 4.84. The largest absolute Gasteiger partial charge is 0.495 e. The maximum Gasteiger partial charge on any atom is 0.137 e. The molecule has 1 aromatic carbocycles. The summed E-state index contributed by atoms with van der Waals surface area (Å²) in [5, 5.41) is 3.88. The van der Waals surface area contributed by atoms with E-state index in [0.29, 0.717) is 16.7 Å². The summed E-state index contributed by atoms with van der Waals surface area (Å²) in [4.78, 5) is 0. The van der Waals surface area contributed by atoms with Crippen LogP contribution in [0.3, 0.4) is 0 Å². The van der Waals surface area contributed by atoms with Crippen LogP contribution >= 0.6 is 11.6 Å². The molecule has 0 bridgehead atoms. The van der Waals surface area contributed by atoms with Crippen LogP contribution in [0.5, 0.6) is 5.75 Å². The zero-order valence-electron chi connectivity index (χ0n) is 10.7. The van der Waals surface area contributed by atoms with Crippen LogP contribution in [0.4, 0.5) is 5.69 Å². The highest BCUT2D eigenvalue weighted by molar-refractivity contribution is 6.32. The highest BCUT2D eigenvalue weighted by Crippen LogP contribution is 2.27. The van der Waals surface area contributed by atoms with Gasteiger partial charge in [-0.1, -0.05) is 25.4 Å². The van der Waals surface area contributed by atoms with Crippen LogP contribution in [0.1, 0.15) is 20.3 Å². The summed E-state index contributed by atoms with van der Waals surface area (Å²) in [6, 6.07) is 5.80. The molecular formula is C13H21ClN2O. The molecule has 0 radical (unpaired) electrons. The number of hydrogen-bond donors (Lipinski definition) is 2. The van der Waals surface area contributed by atoms with Gasteiger partial charge < -0.3 is 15.8 Å². The van der Waals surface area contributed by atoms with Gasteiger partial charge in [0.25, 0.3) is 0 Å². The fourth-order valence-electron chi connectivity index (χ4n) is 1.71. The van der Waals surface area contributed by atoms with Crippen LogP contribution in [-0.4, -0.2) is 19.7 Å². The highest BCUT2D eigenvalue weighted by atomic mass is 35.5. The van der Waals surface area contributed by atoms with Gasteiger partial charge in [0.1, 0.15) is 5.75 Å². The number of methoxy groups -OCH3 is 1. The predicted molar refractivity (Wildman–Crippen MR) is 73.9 cm³/mol. The van der Waals surface area contributed by atoms with Crippen molar-refractivity contribution in [1.29, 1.82) is 0 Å². The van der Waals surface area contributed by atoms with Crippen molar-refractivity contribution in [3.8, 4) is 5.75 Å². The Hall–Kier alpha value is -0.930. The number of rotatable bonds is 6. The number of benzene rings is 1. The number of nitrogens with two attached hydrogens (primary N) is 1. The normalized spacial score (nSPS) is 12.6. The highest BCUT2D eigenvalue weighted by Gasteiger charge is 2.06. The van der Waals surface area contributed by atoms with E-state index in [-0.39, 0.29) is 6.04 Å². The molecular weight excluding hydrogens is 236 g/mol. The van der Waals surface area contributed by atoms with Gasteiger partial charge in [0, 0.05) is 18.3 Å². The van der Waals surface area contributed by atoms with Crippen molar-refractivity contribution in [2.45, 2.75) is 26.3 Å². The van der Waals surface area contributed by atoms with Gasteiger partial charge in [-0.05, 0) is 30.5 Å². The van der Waals surface area contributed by atoms with E-state index in [1.54, 1.807) is 7.11 Å². The van der Waals surface area contributed by atoms with Gasteiger partial charge in [-0.25, -0.2) is 0 Å². The summed E-state index contributed by atoms with van der Waals surface area (Å²) in [5.74, 6) is 1.30. The average molecular weight is 257 g/mol. The summed E-state index contributed by atoms with van der Waals surface area (Å²) >= 11 is 6.03. The first-order valence-electron chi connectivity index (χ1n) is 5.86. The third-order valence-electron chi connectivity index (χ3n) is 2.49. The number of hydrogen-bond acceptors (Lipinski definition) is 3. The summed E-state index contributed by atoms with van der Waals surface area (Å²) in [6.07, 6.45) is 1.01. The fourth-order valence-corrected chi connectivity index (χ4v) is 1.97. The van der Waals surface area contributed by atoms with E-state index < -0.39 is 0 Å². The first-order chi connectivity index (χ1) is 8.02. The van der Waals surface area contributed by atoms with Crippen LogP contribution in [0.15, 0.2) is 18.2 Å². The summed E-state index contributed by atoms with van der Waals surface area (Å²) in [7, 11) is 1.60. The molecule has 0 aromatic heterocycles. The second-order valence-electron chi connectivity index (χ2n) is 4.62.